The van der Waals surface area contributed by atoms with Crippen LogP contribution in [0.4, 0.5) is 5.69 Å². The molecule has 1 aromatic carbocycles. The fraction of sp³-hybridized carbons (Fsp3) is 0.500. The van der Waals surface area contributed by atoms with Crippen LogP contribution in [0.15, 0.2) is 24.3 Å². The fourth-order valence-corrected chi connectivity index (χ4v) is 2.83. The van der Waals surface area contributed by atoms with Crippen LogP contribution in [0, 0.1) is 0 Å². The molecule has 0 fully saturated rings. The molecule has 96 valence electrons. The SMILES string of the molecule is CO[SiH](CCCCOc1cccc(N)c1)OC. The Balaban J connectivity index is 2.12. The van der Waals surface area contributed by atoms with Gasteiger partial charge in [-0.05, 0) is 31.0 Å². The Morgan fingerprint density at radius 3 is 2.59 bits per heavy atom. The van der Waals surface area contributed by atoms with Gasteiger partial charge in [-0.15, -0.1) is 0 Å². The number of nitrogens with two attached hydrogens (primary N) is 1. The summed E-state index contributed by atoms with van der Waals surface area (Å²) < 4.78 is 16.1. The van der Waals surface area contributed by atoms with Crippen LogP contribution < -0.4 is 10.5 Å². The van der Waals surface area contributed by atoms with Crippen molar-refractivity contribution in [2.75, 3.05) is 26.6 Å². The number of hydrogen-bond acceptors (Lipinski definition) is 4. The summed E-state index contributed by atoms with van der Waals surface area (Å²) in [6, 6.07) is 8.51. The third-order valence-electron chi connectivity index (χ3n) is 2.49. The first-order valence-corrected chi connectivity index (χ1v) is 7.56. The molecule has 0 amide bonds. The van der Waals surface area contributed by atoms with E-state index in [1.54, 1.807) is 14.2 Å². The molecule has 1 aromatic rings. The summed E-state index contributed by atoms with van der Waals surface area (Å²) in [5.74, 6) is 0.831. The topological polar surface area (TPSA) is 53.7 Å². The zero-order valence-electron chi connectivity index (χ0n) is 10.5. The molecule has 0 aliphatic heterocycles. The normalized spacial score (nSPS) is 10.8. The molecule has 0 aliphatic rings. The summed E-state index contributed by atoms with van der Waals surface area (Å²) in [7, 11) is 2.03. The lowest BCUT2D eigenvalue weighted by Crippen LogP contribution is -2.18. The molecule has 0 aromatic heterocycles. The lowest BCUT2D eigenvalue weighted by Gasteiger charge is -2.10. The predicted octanol–water partition coefficient (Wildman–Crippen LogP) is 1.94. The number of anilines is 1. The molecule has 1 rings (SSSR count). The van der Waals surface area contributed by atoms with Crippen LogP contribution in [0.25, 0.3) is 0 Å². The Kier molecular flexibility index (Phi) is 6.69. The molecule has 0 bridgehead atoms. The number of benzene rings is 1. The second kappa shape index (κ2) is 8.11. The van der Waals surface area contributed by atoms with Crippen LogP contribution in [-0.4, -0.2) is 30.1 Å². The van der Waals surface area contributed by atoms with Crippen molar-refractivity contribution in [3.8, 4) is 5.75 Å². The van der Waals surface area contributed by atoms with Crippen molar-refractivity contribution in [3.05, 3.63) is 24.3 Å². The molecule has 0 saturated carbocycles. The molecular weight excluding hydrogens is 234 g/mol. The zero-order chi connectivity index (χ0) is 12.5. The summed E-state index contributed by atoms with van der Waals surface area (Å²) in [4.78, 5) is 0. The van der Waals surface area contributed by atoms with E-state index in [-0.39, 0.29) is 0 Å². The molecule has 4 nitrogen and oxygen atoms in total. The first-order chi connectivity index (χ1) is 8.26. The smallest absolute Gasteiger partial charge is 0.320 e. The van der Waals surface area contributed by atoms with E-state index in [0.29, 0.717) is 6.61 Å². The highest BCUT2D eigenvalue weighted by atomic mass is 28.3. The second-order valence-corrected chi connectivity index (χ2v) is 6.20. The summed E-state index contributed by atoms with van der Waals surface area (Å²) in [6.45, 7) is 0.706. The maximum absolute atomic E-state index is 5.66. The Labute approximate surface area is 105 Å². The van der Waals surface area contributed by atoms with Gasteiger partial charge in [-0.25, -0.2) is 0 Å². The summed E-state index contributed by atoms with van der Waals surface area (Å²) in [5, 5.41) is 0. The van der Waals surface area contributed by atoms with Gasteiger partial charge >= 0.3 is 9.28 Å². The fourth-order valence-electron chi connectivity index (χ4n) is 1.54. The average Bonchev–Trinajstić information content (AvgIpc) is 2.34. The van der Waals surface area contributed by atoms with Crippen molar-refractivity contribution in [3.63, 3.8) is 0 Å². The van der Waals surface area contributed by atoms with Crippen molar-refractivity contribution in [1.29, 1.82) is 0 Å². The van der Waals surface area contributed by atoms with Gasteiger partial charge in [-0.1, -0.05) is 6.07 Å². The van der Waals surface area contributed by atoms with Crippen LogP contribution in [-0.2, 0) is 8.85 Å². The van der Waals surface area contributed by atoms with Crippen LogP contribution in [0.1, 0.15) is 12.8 Å². The Morgan fingerprint density at radius 1 is 1.18 bits per heavy atom. The molecule has 5 heteroatoms. The third-order valence-corrected chi connectivity index (χ3v) is 4.42. The minimum atomic E-state index is -1.39. The minimum Gasteiger partial charge on any atom is -0.494 e. The monoisotopic (exact) mass is 255 g/mol. The number of hydrogen-bond donors (Lipinski definition) is 1. The zero-order valence-corrected chi connectivity index (χ0v) is 11.7. The second-order valence-electron chi connectivity index (χ2n) is 3.82. The summed E-state index contributed by atoms with van der Waals surface area (Å²) in [5.41, 5.74) is 6.39. The van der Waals surface area contributed by atoms with E-state index < -0.39 is 9.28 Å². The summed E-state index contributed by atoms with van der Waals surface area (Å²) >= 11 is 0. The van der Waals surface area contributed by atoms with Gasteiger partial charge in [0, 0.05) is 26.0 Å². The molecule has 17 heavy (non-hydrogen) atoms. The van der Waals surface area contributed by atoms with Crippen LogP contribution in [0.2, 0.25) is 6.04 Å². The van der Waals surface area contributed by atoms with E-state index in [4.69, 9.17) is 19.3 Å². The highest BCUT2D eigenvalue weighted by Crippen LogP contribution is 2.15. The quantitative estimate of drug-likeness (QED) is 0.438. The van der Waals surface area contributed by atoms with Crippen molar-refractivity contribution in [2.24, 2.45) is 0 Å². The van der Waals surface area contributed by atoms with Crippen LogP contribution in [0.3, 0.4) is 0 Å². The van der Waals surface area contributed by atoms with Crippen molar-refractivity contribution < 1.29 is 13.6 Å². The van der Waals surface area contributed by atoms with Gasteiger partial charge in [0.05, 0.1) is 6.61 Å². The van der Waals surface area contributed by atoms with Gasteiger partial charge in [-0.2, -0.15) is 0 Å². The molecule has 2 N–H and O–H groups in total. The maximum Gasteiger partial charge on any atom is 0.320 e. The molecule has 0 heterocycles. The van der Waals surface area contributed by atoms with Gasteiger partial charge in [0.25, 0.3) is 0 Å². The standard InChI is InChI=1S/C12H21NO3Si/c1-14-17(15-2)9-4-3-8-16-12-7-5-6-11(13)10-12/h5-7,10,17H,3-4,8-9,13H2,1-2H3. The molecule has 0 saturated heterocycles. The van der Waals surface area contributed by atoms with Gasteiger partial charge in [0.2, 0.25) is 0 Å². The first kappa shape index (κ1) is 14.0. The van der Waals surface area contributed by atoms with E-state index in [9.17, 15) is 0 Å². The van der Waals surface area contributed by atoms with Gasteiger partial charge in [0.15, 0.2) is 0 Å². The lowest BCUT2D eigenvalue weighted by atomic mass is 10.3. The lowest BCUT2D eigenvalue weighted by molar-refractivity contribution is 0.271. The van der Waals surface area contributed by atoms with E-state index in [1.807, 2.05) is 24.3 Å². The Hall–Kier alpha value is -1.04. The van der Waals surface area contributed by atoms with Crippen LogP contribution in [0.5, 0.6) is 5.75 Å². The molecule has 0 unspecified atom stereocenters. The van der Waals surface area contributed by atoms with Gasteiger partial charge in [-0.3, -0.25) is 0 Å². The first-order valence-electron chi connectivity index (χ1n) is 5.80. The molecule has 0 aliphatic carbocycles. The Morgan fingerprint density at radius 2 is 1.94 bits per heavy atom. The third kappa shape index (κ3) is 5.72. The maximum atomic E-state index is 5.66. The number of unbranched alkanes of at least 4 members (excludes halogenated alkanes) is 1. The molecule has 0 radical (unpaired) electrons. The summed E-state index contributed by atoms with van der Waals surface area (Å²) in [6.07, 6.45) is 2.08. The number of ether oxygens (including phenoxy) is 1. The van der Waals surface area contributed by atoms with Crippen LogP contribution >= 0.6 is 0 Å². The van der Waals surface area contributed by atoms with Gasteiger partial charge in [0.1, 0.15) is 5.75 Å². The van der Waals surface area contributed by atoms with Crippen molar-refractivity contribution >= 4 is 15.0 Å². The molecule has 0 atom stereocenters. The number of rotatable bonds is 8. The number of nitrogen functional groups attached to an aromatic ring is 1. The van der Waals surface area contributed by atoms with E-state index in [0.717, 1.165) is 30.3 Å². The average molecular weight is 255 g/mol. The van der Waals surface area contributed by atoms with Gasteiger partial charge < -0.3 is 19.3 Å². The molecule has 0 spiro atoms. The Bertz CT molecular complexity index is 318. The van der Waals surface area contributed by atoms with Crippen molar-refractivity contribution in [2.45, 2.75) is 18.9 Å². The van der Waals surface area contributed by atoms with E-state index >= 15 is 0 Å². The molecular formula is C12H21NO3Si. The highest BCUT2D eigenvalue weighted by Gasteiger charge is 2.08. The highest BCUT2D eigenvalue weighted by molar-refractivity contribution is 6.44. The van der Waals surface area contributed by atoms with E-state index in [1.165, 1.54) is 0 Å². The predicted molar refractivity (Wildman–Crippen MR) is 71.6 cm³/mol. The van der Waals surface area contributed by atoms with E-state index in [2.05, 4.69) is 0 Å². The largest absolute Gasteiger partial charge is 0.494 e. The van der Waals surface area contributed by atoms with Crippen molar-refractivity contribution in [1.82, 2.24) is 0 Å². The minimum absolute atomic E-state index is 0.706.